The molecule has 3 rings (SSSR count). The van der Waals surface area contributed by atoms with Crippen LogP contribution in [0.5, 0.6) is 5.75 Å². The Kier molecular flexibility index (Phi) is 4.16. The van der Waals surface area contributed by atoms with Crippen molar-refractivity contribution >= 4 is 28.2 Å². The number of aryl methyl sites for hydroxylation is 1. The topological polar surface area (TPSA) is 34.1 Å². The molecule has 0 aliphatic rings. The fraction of sp³-hybridized carbons (Fsp3) is 0.167. The van der Waals surface area contributed by atoms with Gasteiger partial charge < -0.3 is 10.1 Å². The molecule has 0 unspecified atom stereocenters. The lowest BCUT2D eigenvalue weighted by molar-refractivity contribution is 0.415. The molecule has 3 nitrogen and oxygen atoms in total. The van der Waals surface area contributed by atoms with Gasteiger partial charge in [-0.3, -0.25) is 4.98 Å². The van der Waals surface area contributed by atoms with E-state index in [1.54, 1.807) is 7.11 Å². The highest BCUT2D eigenvalue weighted by Crippen LogP contribution is 2.27. The van der Waals surface area contributed by atoms with Gasteiger partial charge >= 0.3 is 0 Å². The molecule has 0 radical (unpaired) electrons. The Morgan fingerprint density at radius 1 is 1.09 bits per heavy atom. The predicted molar refractivity (Wildman–Crippen MR) is 91.8 cm³/mol. The number of hydrogen-bond acceptors (Lipinski definition) is 3. The van der Waals surface area contributed by atoms with Crippen molar-refractivity contribution in [2.75, 3.05) is 12.4 Å². The summed E-state index contributed by atoms with van der Waals surface area (Å²) in [7, 11) is 1.67. The van der Waals surface area contributed by atoms with E-state index in [1.165, 1.54) is 5.56 Å². The first-order chi connectivity index (χ1) is 10.7. The molecule has 0 spiro atoms. The van der Waals surface area contributed by atoms with Gasteiger partial charge in [-0.25, -0.2) is 0 Å². The lowest BCUT2D eigenvalue weighted by Crippen LogP contribution is -2.01. The number of anilines is 1. The van der Waals surface area contributed by atoms with Crippen molar-refractivity contribution in [1.29, 1.82) is 0 Å². The lowest BCUT2D eigenvalue weighted by Gasteiger charge is -2.12. The molecule has 0 aliphatic heterocycles. The van der Waals surface area contributed by atoms with Crippen LogP contribution < -0.4 is 10.1 Å². The summed E-state index contributed by atoms with van der Waals surface area (Å²) >= 11 is 5.92. The number of methoxy groups -OCH3 is 1. The van der Waals surface area contributed by atoms with E-state index in [4.69, 9.17) is 16.3 Å². The number of ether oxygens (including phenoxy) is 1. The Hall–Kier alpha value is -2.26. The van der Waals surface area contributed by atoms with Crippen molar-refractivity contribution in [3.63, 3.8) is 0 Å². The summed E-state index contributed by atoms with van der Waals surface area (Å²) in [5.74, 6) is 0.827. The maximum atomic E-state index is 5.92. The molecule has 3 aromatic rings. The number of pyridine rings is 1. The van der Waals surface area contributed by atoms with Crippen LogP contribution in [0, 0.1) is 6.92 Å². The van der Waals surface area contributed by atoms with Crippen LogP contribution in [0.4, 0.5) is 5.69 Å². The first kappa shape index (κ1) is 14.7. The normalized spacial score (nSPS) is 10.7. The van der Waals surface area contributed by atoms with Crippen LogP contribution in [0.25, 0.3) is 10.9 Å². The fourth-order valence-electron chi connectivity index (χ4n) is 2.41. The molecular weight excluding hydrogens is 296 g/mol. The van der Waals surface area contributed by atoms with Gasteiger partial charge in [0.05, 0.1) is 12.6 Å². The molecule has 2 aromatic carbocycles. The maximum absolute atomic E-state index is 5.92. The third kappa shape index (κ3) is 3.15. The smallest absolute Gasteiger partial charge is 0.119 e. The summed E-state index contributed by atoms with van der Waals surface area (Å²) < 4.78 is 5.31. The number of nitrogens with one attached hydrogen (secondary N) is 1. The summed E-state index contributed by atoms with van der Waals surface area (Å²) in [4.78, 5) is 4.57. The molecule has 0 aliphatic carbocycles. The first-order valence-corrected chi connectivity index (χ1v) is 7.47. The number of benzene rings is 2. The van der Waals surface area contributed by atoms with Crippen LogP contribution >= 0.6 is 11.6 Å². The quantitative estimate of drug-likeness (QED) is 0.750. The van der Waals surface area contributed by atoms with E-state index in [1.807, 2.05) is 49.4 Å². The van der Waals surface area contributed by atoms with Crippen molar-refractivity contribution in [1.82, 2.24) is 4.98 Å². The van der Waals surface area contributed by atoms with Crippen molar-refractivity contribution in [3.8, 4) is 5.75 Å². The van der Waals surface area contributed by atoms with Gasteiger partial charge in [0.2, 0.25) is 0 Å². The van der Waals surface area contributed by atoms with Crippen LogP contribution in [0.3, 0.4) is 0 Å². The third-order valence-electron chi connectivity index (χ3n) is 3.54. The van der Waals surface area contributed by atoms with Crippen molar-refractivity contribution in [2.45, 2.75) is 13.5 Å². The standard InChI is InChI=1S/C18H17ClN2O/c1-12-9-18(20-11-13-3-5-14(19)6-4-13)16-10-15(22-2)7-8-17(16)21-12/h3-10H,11H2,1-2H3,(H,20,21). The van der Waals surface area contributed by atoms with Crippen molar-refractivity contribution < 1.29 is 4.74 Å². The van der Waals surface area contributed by atoms with E-state index < -0.39 is 0 Å². The van der Waals surface area contributed by atoms with Crippen LogP contribution in [-0.4, -0.2) is 12.1 Å². The molecule has 22 heavy (non-hydrogen) atoms. The summed E-state index contributed by atoms with van der Waals surface area (Å²) in [6.45, 7) is 2.73. The summed E-state index contributed by atoms with van der Waals surface area (Å²) in [5, 5.41) is 5.28. The van der Waals surface area contributed by atoms with Crippen LogP contribution in [-0.2, 0) is 6.54 Å². The van der Waals surface area contributed by atoms with Gasteiger partial charge in [-0.2, -0.15) is 0 Å². The van der Waals surface area contributed by atoms with Gasteiger partial charge in [-0.1, -0.05) is 23.7 Å². The molecule has 4 heteroatoms. The molecule has 112 valence electrons. The minimum atomic E-state index is 0.729. The monoisotopic (exact) mass is 312 g/mol. The number of fused-ring (bicyclic) bond motifs is 1. The van der Waals surface area contributed by atoms with Gasteiger partial charge in [-0.15, -0.1) is 0 Å². The van der Waals surface area contributed by atoms with Gasteiger partial charge in [0.1, 0.15) is 5.75 Å². The number of nitrogens with zero attached hydrogens (tertiary/aromatic N) is 1. The van der Waals surface area contributed by atoms with Crippen molar-refractivity contribution in [3.05, 3.63) is 64.8 Å². The Bertz CT molecular complexity index is 800. The number of hydrogen-bond donors (Lipinski definition) is 1. The average Bonchev–Trinajstić information content (AvgIpc) is 2.53. The second kappa shape index (κ2) is 6.24. The van der Waals surface area contributed by atoms with Gasteiger partial charge in [0, 0.05) is 28.3 Å². The lowest BCUT2D eigenvalue weighted by atomic mass is 10.1. The molecule has 0 fully saturated rings. The van der Waals surface area contributed by atoms with E-state index >= 15 is 0 Å². The predicted octanol–water partition coefficient (Wildman–Crippen LogP) is 4.82. The largest absolute Gasteiger partial charge is 0.497 e. The van der Waals surface area contributed by atoms with E-state index in [2.05, 4.69) is 16.4 Å². The highest BCUT2D eigenvalue weighted by Gasteiger charge is 2.06. The van der Waals surface area contributed by atoms with E-state index in [9.17, 15) is 0 Å². The van der Waals surface area contributed by atoms with Crippen molar-refractivity contribution in [2.24, 2.45) is 0 Å². The van der Waals surface area contributed by atoms with E-state index in [0.717, 1.165) is 39.6 Å². The summed E-state index contributed by atoms with van der Waals surface area (Å²) in [5.41, 5.74) is 4.17. The van der Waals surface area contributed by atoms with Crippen LogP contribution in [0.1, 0.15) is 11.3 Å². The van der Waals surface area contributed by atoms with E-state index in [-0.39, 0.29) is 0 Å². The molecule has 1 aromatic heterocycles. The molecule has 1 heterocycles. The highest BCUT2D eigenvalue weighted by molar-refractivity contribution is 6.30. The van der Waals surface area contributed by atoms with E-state index in [0.29, 0.717) is 0 Å². The zero-order valence-corrected chi connectivity index (χ0v) is 13.3. The second-order valence-corrected chi connectivity index (χ2v) is 5.61. The minimum absolute atomic E-state index is 0.729. The number of aromatic nitrogens is 1. The molecule has 0 bridgehead atoms. The SMILES string of the molecule is COc1ccc2nc(C)cc(NCc3ccc(Cl)cc3)c2c1. The Balaban J connectivity index is 1.93. The zero-order chi connectivity index (χ0) is 15.5. The highest BCUT2D eigenvalue weighted by atomic mass is 35.5. The first-order valence-electron chi connectivity index (χ1n) is 7.09. The second-order valence-electron chi connectivity index (χ2n) is 5.17. The molecule has 1 N–H and O–H groups in total. The summed E-state index contributed by atoms with van der Waals surface area (Å²) in [6.07, 6.45) is 0. The van der Waals surface area contributed by atoms with Gasteiger partial charge in [0.15, 0.2) is 0 Å². The maximum Gasteiger partial charge on any atom is 0.119 e. The van der Waals surface area contributed by atoms with Gasteiger partial charge in [-0.05, 0) is 48.9 Å². The molecule has 0 atom stereocenters. The Morgan fingerprint density at radius 3 is 2.59 bits per heavy atom. The summed E-state index contributed by atoms with van der Waals surface area (Å²) in [6, 6.07) is 15.8. The molecule has 0 amide bonds. The zero-order valence-electron chi connectivity index (χ0n) is 12.6. The average molecular weight is 313 g/mol. The minimum Gasteiger partial charge on any atom is -0.497 e. The Labute approximate surface area is 134 Å². The van der Waals surface area contributed by atoms with Gasteiger partial charge in [0.25, 0.3) is 0 Å². The number of rotatable bonds is 4. The van der Waals surface area contributed by atoms with Crippen LogP contribution in [0.2, 0.25) is 5.02 Å². The third-order valence-corrected chi connectivity index (χ3v) is 3.79. The fourth-order valence-corrected chi connectivity index (χ4v) is 2.54. The van der Waals surface area contributed by atoms with Crippen LogP contribution in [0.15, 0.2) is 48.5 Å². The Morgan fingerprint density at radius 2 is 1.86 bits per heavy atom. The number of halogens is 1. The molecule has 0 saturated heterocycles. The molecule has 0 saturated carbocycles. The molecular formula is C18H17ClN2O.